The van der Waals surface area contributed by atoms with Gasteiger partial charge in [0, 0.05) is 7.11 Å². The van der Waals surface area contributed by atoms with Crippen LogP contribution in [0.3, 0.4) is 0 Å². The second kappa shape index (κ2) is 4.84. The number of ether oxygens (including phenoxy) is 1. The van der Waals surface area contributed by atoms with Crippen molar-refractivity contribution in [2.75, 3.05) is 7.11 Å². The van der Waals surface area contributed by atoms with E-state index in [2.05, 4.69) is 4.74 Å². The molecule has 0 N–H and O–H groups in total. The Bertz CT molecular complexity index is 325. The van der Waals surface area contributed by atoms with Crippen LogP contribution in [0.1, 0.15) is 0 Å². The zero-order valence-corrected chi connectivity index (χ0v) is 9.02. The molecule has 0 aliphatic heterocycles. The number of hydrogen-bond acceptors (Lipinski definition) is 1. The Kier molecular flexibility index (Phi) is 4.63. The molecule has 0 fully saturated rings. The fraction of sp³-hybridized carbons (Fsp3) is 1.00. The third-order valence-electron chi connectivity index (χ3n) is 2.16. The Morgan fingerprint density at radius 2 is 1.00 bits per heavy atom. The normalized spacial score (nSPS) is 19.6. The monoisotopic (exact) mass is 332 g/mol. The molecule has 0 aliphatic rings. The van der Waals surface area contributed by atoms with Gasteiger partial charge in [0.15, 0.2) is 0 Å². The van der Waals surface area contributed by atoms with Crippen molar-refractivity contribution in [1.82, 2.24) is 0 Å². The zero-order valence-electron chi connectivity index (χ0n) is 9.02. The zero-order chi connectivity index (χ0) is 16.8. The molecule has 0 spiro atoms. The predicted molar refractivity (Wildman–Crippen MR) is 37.7 cm³/mol. The fourth-order valence-corrected chi connectivity index (χ4v) is 1.18. The molecule has 0 aliphatic carbocycles. The number of methoxy groups -OCH3 is 1. The van der Waals surface area contributed by atoms with Crippen LogP contribution in [0.15, 0.2) is 0 Å². The van der Waals surface area contributed by atoms with Crippen molar-refractivity contribution in [2.24, 2.45) is 0 Å². The van der Waals surface area contributed by atoms with Gasteiger partial charge in [-0.2, -0.15) is 39.5 Å². The molecule has 13 heteroatoms. The van der Waals surface area contributed by atoms with E-state index in [1.807, 2.05) is 0 Å². The summed E-state index contributed by atoms with van der Waals surface area (Å²) in [7, 11) is -0.468. The standard InChI is InChI=1S/C7H4F12O/c1-20-3(9,2(8)4(10,11)12)5(13,6(14,15)16)7(17,18)19/h2H,1H3. The molecule has 0 rings (SSSR count). The Balaban J connectivity index is 6.28. The molecule has 122 valence electrons. The number of alkyl halides is 12. The molecule has 0 saturated carbocycles. The van der Waals surface area contributed by atoms with E-state index in [-0.39, 0.29) is 0 Å². The molecule has 1 nitrogen and oxygen atoms in total. The first-order valence-electron chi connectivity index (χ1n) is 4.24. The van der Waals surface area contributed by atoms with Crippen LogP contribution >= 0.6 is 0 Å². The first kappa shape index (κ1) is 19.1. The van der Waals surface area contributed by atoms with Crippen molar-refractivity contribution in [1.29, 1.82) is 0 Å². The lowest BCUT2D eigenvalue weighted by atomic mass is 9.90. The molecule has 20 heavy (non-hydrogen) atoms. The van der Waals surface area contributed by atoms with Gasteiger partial charge >= 0.3 is 30.1 Å². The molecule has 0 bridgehead atoms. The van der Waals surface area contributed by atoms with Gasteiger partial charge in [0.2, 0.25) is 0 Å². The van der Waals surface area contributed by atoms with Gasteiger partial charge < -0.3 is 4.74 Å². The first-order valence-corrected chi connectivity index (χ1v) is 4.24. The number of halogens is 12. The molecule has 0 aromatic carbocycles. The molecule has 0 saturated heterocycles. The van der Waals surface area contributed by atoms with Gasteiger partial charge in [-0.15, -0.1) is 0 Å². The Hall–Kier alpha value is -0.880. The maximum Gasteiger partial charge on any atom is 0.437 e. The molecular formula is C7H4F12O. The summed E-state index contributed by atoms with van der Waals surface area (Å²) in [5.74, 6) is -6.40. The average molecular weight is 332 g/mol. The molecule has 0 amide bonds. The van der Waals surface area contributed by atoms with E-state index in [4.69, 9.17) is 0 Å². The van der Waals surface area contributed by atoms with E-state index in [1.54, 1.807) is 0 Å². The summed E-state index contributed by atoms with van der Waals surface area (Å²) in [5, 5.41) is 0. The van der Waals surface area contributed by atoms with Crippen LogP contribution in [0.25, 0.3) is 0 Å². The largest absolute Gasteiger partial charge is 0.437 e. The van der Waals surface area contributed by atoms with Gasteiger partial charge in [0.05, 0.1) is 0 Å². The summed E-state index contributed by atoms with van der Waals surface area (Å²) >= 11 is 0. The highest BCUT2D eigenvalue weighted by molar-refractivity contribution is 5.10. The van der Waals surface area contributed by atoms with Crippen LogP contribution in [-0.4, -0.2) is 43.3 Å². The van der Waals surface area contributed by atoms with E-state index >= 15 is 0 Å². The average Bonchev–Trinajstić information content (AvgIpc) is 2.21. The van der Waals surface area contributed by atoms with Crippen LogP contribution in [0.2, 0.25) is 0 Å². The van der Waals surface area contributed by atoms with Crippen molar-refractivity contribution in [3.8, 4) is 0 Å². The maximum atomic E-state index is 13.3. The summed E-state index contributed by atoms with van der Waals surface area (Å²) < 4.78 is 150. The fourth-order valence-electron chi connectivity index (χ4n) is 1.18. The van der Waals surface area contributed by atoms with E-state index in [0.29, 0.717) is 0 Å². The summed E-state index contributed by atoms with van der Waals surface area (Å²) in [4.78, 5) is 0. The van der Waals surface area contributed by atoms with Gasteiger partial charge in [-0.05, 0) is 0 Å². The van der Waals surface area contributed by atoms with Crippen LogP contribution in [0.5, 0.6) is 0 Å². The van der Waals surface area contributed by atoms with Crippen LogP contribution in [0.4, 0.5) is 52.7 Å². The van der Waals surface area contributed by atoms with Gasteiger partial charge in [-0.25, -0.2) is 13.2 Å². The van der Waals surface area contributed by atoms with Crippen molar-refractivity contribution >= 4 is 0 Å². The van der Waals surface area contributed by atoms with Gasteiger partial charge in [-0.3, -0.25) is 0 Å². The Labute approximate surface area is 102 Å². The molecular weight excluding hydrogens is 328 g/mol. The van der Waals surface area contributed by atoms with E-state index in [9.17, 15) is 52.7 Å². The summed E-state index contributed by atoms with van der Waals surface area (Å²) in [6, 6.07) is 0. The predicted octanol–water partition coefficient (Wildman–Crippen LogP) is 4.03. The lowest BCUT2D eigenvalue weighted by Crippen LogP contribution is -2.71. The van der Waals surface area contributed by atoms with E-state index in [0.717, 1.165) is 0 Å². The Morgan fingerprint density at radius 1 is 0.700 bits per heavy atom. The van der Waals surface area contributed by atoms with Crippen molar-refractivity contribution in [3.05, 3.63) is 0 Å². The third-order valence-corrected chi connectivity index (χ3v) is 2.16. The van der Waals surface area contributed by atoms with Crippen LogP contribution in [-0.2, 0) is 4.74 Å². The number of rotatable bonds is 3. The van der Waals surface area contributed by atoms with Crippen molar-refractivity contribution < 1.29 is 57.4 Å². The maximum absolute atomic E-state index is 13.3. The lowest BCUT2D eigenvalue weighted by molar-refractivity contribution is -0.437. The highest BCUT2D eigenvalue weighted by Gasteiger charge is 2.88. The lowest BCUT2D eigenvalue weighted by Gasteiger charge is -2.41. The highest BCUT2D eigenvalue weighted by Crippen LogP contribution is 2.57. The molecule has 0 radical (unpaired) electrons. The van der Waals surface area contributed by atoms with Crippen molar-refractivity contribution in [2.45, 2.75) is 36.2 Å². The minimum Gasteiger partial charge on any atom is -0.344 e. The van der Waals surface area contributed by atoms with E-state index in [1.165, 1.54) is 0 Å². The van der Waals surface area contributed by atoms with E-state index < -0.39 is 43.3 Å². The minimum absolute atomic E-state index is 0.468. The molecule has 2 unspecified atom stereocenters. The summed E-state index contributed by atoms with van der Waals surface area (Å²) in [5.41, 5.74) is -7.23. The molecule has 0 aromatic rings. The second-order valence-corrected chi connectivity index (χ2v) is 3.41. The minimum atomic E-state index is -7.26. The Morgan fingerprint density at radius 3 is 1.15 bits per heavy atom. The van der Waals surface area contributed by atoms with Gasteiger partial charge in [-0.1, -0.05) is 0 Å². The quantitative estimate of drug-likeness (QED) is 0.709. The molecule has 0 heterocycles. The summed E-state index contributed by atoms with van der Waals surface area (Å²) in [6.45, 7) is 0. The van der Waals surface area contributed by atoms with Crippen molar-refractivity contribution in [3.63, 3.8) is 0 Å². The SMILES string of the molecule is COC(F)(C(F)C(F)(F)F)C(F)(C(F)(F)F)C(F)(F)F. The second-order valence-electron chi connectivity index (χ2n) is 3.41. The molecule has 0 aromatic heterocycles. The third kappa shape index (κ3) is 2.63. The molecule has 2 atom stereocenters. The van der Waals surface area contributed by atoms with Crippen LogP contribution < -0.4 is 0 Å². The highest BCUT2D eigenvalue weighted by atomic mass is 19.4. The number of hydrogen-bond donors (Lipinski definition) is 0. The summed E-state index contributed by atoms with van der Waals surface area (Å²) in [6.07, 6.45) is -26.6. The first-order chi connectivity index (χ1) is 8.47. The van der Waals surface area contributed by atoms with Gasteiger partial charge in [0.1, 0.15) is 0 Å². The van der Waals surface area contributed by atoms with Crippen LogP contribution in [0, 0.1) is 0 Å². The topological polar surface area (TPSA) is 9.23 Å². The smallest absolute Gasteiger partial charge is 0.344 e. The van der Waals surface area contributed by atoms with Gasteiger partial charge in [0.25, 0.3) is 6.17 Å².